The fourth-order valence-electron chi connectivity index (χ4n) is 0.877. The highest BCUT2D eigenvalue weighted by atomic mass is 16.7. The van der Waals surface area contributed by atoms with E-state index in [0.29, 0.717) is 12.2 Å². The lowest BCUT2D eigenvalue weighted by molar-refractivity contribution is -0.112. The Morgan fingerprint density at radius 2 is 2.25 bits per heavy atom. The lowest BCUT2D eigenvalue weighted by atomic mass is 10.6. The van der Waals surface area contributed by atoms with E-state index in [1.807, 2.05) is 0 Å². The van der Waals surface area contributed by atoms with Gasteiger partial charge in [0.2, 0.25) is 0 Å². The summed E-state index contributed by atoms with van der Waals surface area (Å²) >= 11 is 0. The van der Waals surface area contributed by atoms with Gasteiger partial charge in [-0.15, -0.1) is 0 Å². The van der Waals surface area contributed by atoms with Gasteiger partial charge in [0.25, 0.3) is 0 Å². The Hall–Kier alpha value is -1.07. The summed E-state index contributed by atoms with van der Waals surface area (Å²) in [5.74, 6) is 0. The maximum atomic E-state index is 5.47. The van der Waals surface area contributed by atoms with Crippen LogP contribution in [0.5, 0.6) is 0 Å². The predicted octanol–water partition coefficient (Wildman–Crippen LogP) is 0.0842. The van der Waals surface area contributed by atoms with E-state index >= 15 is 0 Å². The summed E-state index contributed by atoms with van der Waals surface area (Å²) in [6, 6.07) is 0. The minimum Gasteiger partial charge on any atom is -0.396 e. The number of ether oxygens (including phenoxy) is 2. The van der Waals surface area contributed by atoms with Gasteiger partial charge in [0.05, 0.1) is 18.4 Å². The molecule has 1 rings (SSSR count). The Labute approximate surface area is 71.1 Å². The first-order valence-corrected chi connectivity index (χ1v) is 3.59. The molecule has 0 unspecified atom stereocenters. The van der Waals surface area contributed by atoms with Gasteiger partial charge in [0.1, 0.15) is 0 Å². The monoisotopic (exact) mass is 171 g/mol. The van der Waals surface area contributed by atoms with Crippen molar-refractivity contribution in [2.75, 3.05) is 20.0 Å². The van der Waals surface area contributed by atoms with Crippen LogP contribution in [0.1, 0.15) is 0 Å². The first kappa shape index (κ1) is 9.02. The van der Waals surface area contributed by atoms with E-state index in [9.17, 15) is 0 Å². The standard InChI is InChI=1S/C7H13N3O2/c1-11-7(12-2)5-10-4-6(8)3-9-10/h3-4,7H,5,8H2,1-2H3. The molecule has 68 valence electrons. The van der Waals surface area contributed by atoms with Gasteiger partial charge in [-0.1, -0.05) is 0 Å². The van der Waals surface area contributed by atoms with Gasteiger partial charge in [-0.05, 0) is 0 Å². The molecule has 5 heteroatoms. The molecule has 0 saturated heterocycles. The maximum absolute atomic E-state index is 5.47. The van der Waals surface area contributed by atoms with E-state index < -0.39 is 0 Å². The Bertz CT molecular complexity index is 232. The summed E-state index contributed by atoms with van der Waals surface area (Å²) in [5, 5.41) is 3.98. The van der Waals surface area contributed by atoms with Crippen molar-refractivity contribution in [3.63, 3.8) is 0 Å². The molecule has 5 nitrogen and oxygen atoms in total. The van der Waals surface area contributed by atoms with Crippen molar-refractivity contribution in [1.29, 1.82) is 0 Å². The first-order valence-electron chi connectivity index (χ1n) is 3.59. The van der Waals surface area contributed by atoms with E-state index in [4.69, 9.17) is 15.2 Å². The summed E-state index contributed by atoms with van der Waals surface area (Å²) in [6.07, 6.45) is 3.04. The van der Waals surface area contributed by atoms with Crippen LogP contribution in [0.4, 0.5) is 5.69 Å². The fraction of sp³-hybridized carbons (Fsp3) is 0.571. The Morgan fingerprint density at radius 3 is 2.67 bits per heavy atom. The second kappa shape index (κ2) is 4.08. The highest BCUT2D eigenvalue weighted by Gasteiger charge is 2.05. The van der Waals surface area contributed by atoms with Crippen LogP contribution in [0.25, 0.3) is 0 Å². The molecule has 0 spiro atoms. The number of nitrogens with two attached hydrogens (primary N) is 1. The van der Waals surface area contributed by atoms with Crippen LogP contribution in [0, 0.1) is 0 Å². The van der Waals surface area contributed by atoms with Crippen molar-refractivity contribution < 1.29 is 9.47 Å². The van der Waals surface area contributed by atoms with Crippen molar-refractivity contribution in [2.24, 2.45) is 0 Å². The molecule has 0 radical (unpaired) electrons. The van der Waals surface area contributed by atoms with Crippen molar-refractivity contribution in [3.05, 3.63) is 12.4 Å². The maximum Gasteiger partial charge on any atom is 0.176 e. The van der Waals surface area contributed by atoms with E-state index in [1.54, 1.807) is 31.3 Å². The Morgan fingerprint density at radius 1 is 1.58 bits per heavy atom. The number of nitrogens with zero attached hydrogens (tertiary/aromatic N) is 2. The molecule has 2 N–H and O–H groups in total. The van der Waals surface area contributed by atoms with E-state index in [0.717, 1.165) is 0 Å². The molecule has 1 aromatic rings. The second-order valence-corrected chi connectivity index (χ2v) is 2.40. The molecule has 0 aliphatic carbocycles. The third-order valence-electron chi connectivity index (χ3n) is 1.52. The van der Waals surface area contributed by atoms with Crippen LogP contribution in [-0.4, -0.2) is 30.3 Å². The molecule has 1 aromatic heterocycles. The van der Waals surface area contributed by atoms with Crippen LogP contribution in [0.3, 0.4) is 0 Å². The van der Waals surface area contributed by atoms with Gasteiger partial charge in [-0.25, -0.2) is 0 Å². The van der Waals surface area contributed by atoms with Crippen LogP contribution in [0.2, 0.25) is 0 Å². The lowest BCUT2D eigenvalue weighted by Crippen LogP contribution is -2.20. The molecule has 0 fully saturated rings. The third kappa shape index (κ3) is 2.21. The average molecular weight is 171 g/mol. The van der Waals surface area contributed by atoms with Gasteiger partial charge in [0.15, 0.2) is 6.29 Å². The lowest BCUT2D eigenvalue weighted by Gasteiger charge is -2.12. The van der Waals surface area contributed by atoms with Crippen molar-refractivity contribution >= 4 is 5.69 Å². The number of anilines is 1. The highest BCUT2D eigenvalue weighted by Crippen LogP contribution is 2.01. The van der Waals surface area contributed by atoms with Crippen molar-refractivity contribution in [1.82, 2.24) is 9.78 Å². The number of hydrogen-bond acceptors (Lipinski definition) is 4. The molecule has 0 aromatic carbocycles. The van der Waals surface area contributed by atoms with Crippen LogP contribution < -0.4 is 5.73 Å². The highest BCUT2D eigenvalue weighted by molar-refractivity contribution is 5.30. The predicted molar refractivity (Wildman–Crippen MR) is 44.4 cm³/mol. The zero-order chi connectivity index (χ0) is 8.97. The zero-order valence-corrected chi connectivity index (χ0v) is 7.23. The molecule has 1 heterocycles. The van der Waals surface area contributed by atoms with Gasteiger partial charge < -0.3 is 15.2 Å². The summed E-state index contributed by atoms with van der Waals surface area (Å²) in [4.78, 5) is 0. The first-order chi connectivity index (χ1) is 5.76. The zero-order valence-electron chi connectivity index (χ0n) is 7.23. The minimum atomic E-state index is -0.274. The SMILES string of the molecule is COC(Cn1cc(N)cn1)OC. The third-order valence-corrected chi connectivity index (χ3v) is 1.52. The molecule has 0 aliphatic rings. The molecule has 0 atom stereocenters. The molecule has 0 aliphatic heterocycles. The summed E-state index contributed by atoms with van der Waals surface area (Å²) < 4.78 is 11.7. The van der Waals surface area contributed by atoms with Crippen molar-refractivity contribution in [3.8, 4) is 0 Å². The van der Waals surface area contributed by atoms with E-state index in [-0.39, 0.29) is 6.29 Å². The number of rotatable bonds is 4. The molecule has 12 heavy (non-hydrogen) atoms. The topological polar surface area (TPSA) is 62.3 Å². The van der Waals surface area contributed by atoms with Crippen molar-refractivity contribution in [2.45, 2.75) is 12.8 Å². The number of nitrogen functional groups attached to an aromatic ring is 1. The summed E-state index contributed by atoms with van der Waals surface area (Å²) in [6.45, 7) is 0.546. The minimum absolute atomic E-state index is 0.274. The van der Waals surface area contributed by atoms with Crippen LogP contribution >= 0.6 is 0 Å². The van der Waals surface area contributed by atoms with Gasteiger partial charge in [0, 0.05) is 20.4 Å². The van der Waals surface area contributed by atoms with Gasteiger partial charge in [-0.2, -0.15) is 5.10 Å². The number of aromatic nitrogens is 2. The fourth-order valence-corrected chi connectivity index (χ4v) is 0.877. The van der Waals surface area contributed by atoms with Gasteiger partial charge in [-0.3, -0.25) is 4.68 Å². The van der Waals surface area contributed by atoms with E-state index in [2.05, 4.69) is 5.10 Å². The average Bonchev–Trinajstić information content (AvgIpc) is 2.47. The molecule has 0 bridgehead atoms. The molecule has 0 saturated carbocycles. The summed E-state index contributed by atoms with van der Waals surface area (Å²) in [5.41, 5.74) is 6.11. The summed E-state index contributed by atoms with van der Waals surface area (Å²) in [7, 11) is 3.17. The van der Waals surface area contributed by atoms with Crippen LogP contribution in [-0.2, 0) is 16.0 Å². The van der Waals surface area contributed by atoms with Crippen LogP contribution in [0.15, 0.2) is 12.4 Å². The molecule has 0 amide bonds. The number of hydrogen-bond donors (Lipinski definition) is 1. The Balaban J connectivity index is 2.50. The molecular weight excluding hydrogens is 158 g/mol. The molecular formula is C7H13N3O2. The normalized spacial score (nSPS) is 10.9. The number of methoxy groups -OCH3 is 2. The van der Waals surface area contributed by atoms with Gasteiger partial charge >= 0.3 is 0 Å². The second-order valence-electron chi connectivity index (χ2n) is 2.40. The van der Waals surface area contributed by atoms with E-state index in [1.165, 1.54) is 0 Å². The largest absolute Gasteiger partial charge is 0.396 e. The Kier molecular flexibility index (Phi) is 3.07. The quantitative estimate of drug-likeness (QED) is 0.652. The smallest absolute Gasteiger partial charge is 0.176 e.